The molecule has 1 aliphatic rings. The van der Waals surface area contributed by atoms with Crippen molar-refractivity contribution in [3.8, 4) is 0 Å². The zero-order valence-corrected chi connectivity index (χ0v) is 10.9. The molecular weight excluding hydrogens is 209 g/mol. The van der Waals surface area contributed by atoms with Crippen molar-refractivity contribution in [3.63, 3.8) is 0 Å². The van der Waals surface area contributed by atoms with Crippen LogP contribution in [0.1, 0.15) is 43.6 Å². The Balaban J connectivity index is 0.000000249. The molecule has 2 radical (unpaired) electrons. The van der Waals surface area contributed by atoms with Gasteiger partial charge in [-0.2, -0.15) is 0 Å². The molecule has 1 aromatic rings. The zero-order valence-electron chi connectivity index (χ0n) is 10.9. The number of carbonyl (C=O) groups excluding carboxylic acids is 1. The van der Waals surface area contributed by atoms with Crippen LogP contribution in [0.3, 0.4) is 0 Å². The first kappa shape index (κ1) is 13.6. The third-order valence-corrected chi connectivity index (χ3v) is 1.98. The van der Waals surface area contributed by atoms with Crippen LogP contribution in [-0.2, 0) is 0 Å². The summed E-state index contributed by atoms with van der Waals surface area (Å²) in [4.78, 5) is 12.4. The fourth-order valence-corrected chi connectivity index (χ4v) is 1.30. The smallest absolute Gasteiger partial charge is 0.245 e. The lowest BCUT2D eigenvalue weighted by Gasteiger charge is -2.08. The Hall–Kier alpha value is -1.51. The second-order valence-corrected chi connectivity index (χ2v) is 5.67. The Labute approximate surface area is 105 Å². The predicted molar refractivity (Wildman–Crippen MR) is 72.5 cm³/mol. The molecule has 0 aliphatic carbocycles. The van der Waals surface area contributed by atoms with E-state index in [0.29, 0.717) is 16.7 Å². The van der Waals surface area contributed by atoms with Crippen LogP contribution in [0.2, 0.25) is 0 Å². The van der Waals surface area contributed by atoms with Gasteiger partial charge in [-0.05, 0) is 11.5 Å². The Morgan fingerprint density at radius 2 is 1.53 bits per heavy atom. The molecule has 0 spiro atoms. The normalized spacial score (nSPS) is 14.2. The van der Waals surface area contributed by atoms with Crippen molar-refractivity contribution in [2.24, 2.45) is 5.41 Å². The van der Waals surface area contributed by atoms with Gasteiger partial charge < -0.3 is 4.81 Å². The fourth-order valence-electron chi connectivity index (χ4n) is 1.30. The molecule has 2 nitrogen and oxygen atoms in total. The van der Waals surface area contributed by atoms with Crippen LogP contribution in [0.4, 0.5) is 0 Å². The van der Waals surface area contributed by atoms with E-state index in [1.807, 2.05) is 18.2 Å². The number of hydrogen-bond donors (Lipinski definition) is 0. The highest BCUT2D eigenvalue weighted by Gasteiger charge is 2.26. The average molecular weight is 227 g/mol. The predicted octanol–water partition coefficient (Wildman–Crippen LogP) is 3.25. The molecule has 1 aliphatic heterocycles. The van der Waals surface area contributed by atoms with Crippen LogP contribution in [0, 0.1) is 5.41 Å². The molecule has 1 amide bonds. The summed E-state index contributed by atoms with van der Waals surface area (Å²) < 4.78 is 0. The summed E-state index contributed by atoms with van der Waals surface area (Å²) in [6, 6.07) is 7.25. The first-order valence-corrected chi connectivity index (χ1v) is 5.59. The third kappa shape index (κ3) is 3.48. The van der Waals surface area contributed by atoms with Gasteiger partial charge in [-0.15, -0.1) is 0 Å². The maximum atomic E-state index is 11.3. The van der Waals surface area contributed by atoms with E-state index in [9.17, 15) is 4.79 Å². The van der Waals surface area contributed by atoms with Crippen molar-refractivity contribution < 1.29 is 4.79 Å². The summed E-state index contributed by atoms with van der Waals surface area (Å²) in [6.07, 6.45) is 0. The van der Waals surface area contributed by atoms with Crippen LogP contribution >= 0.6 is 0 Å². The first-order valence-electron chi connectivity index (χ1n) is 5.59. The van der Waals surface area contributed by atoms with Crippen molar-refractivity contribution in [1.82, 2.24) is 4.81 Å². The van der Waals surface area contributed by atoms with Crippen LogP contribution in [0.5, 0.6) is 0 Å². The molecule has 1 aromatic carbocycles. The Kier molecular flexibility index (Phi) is 3.81. The Bertz CT molecular complexity index is 405. The van der Waals surface area contributed by atoms with Crippen molar-refractivity contribution in [1.29, 1.82) is 0 Å². The first-order chi connectivity index (χ1) is 7.72. The van der Waals surface area contributed by atoms with Gasteiger partial charge in [0, 0.05) is 16.8 Å². The van der Waals surface area contributed by atoms with Crippen molar-refractivity contribution in [2.75, 3.05) is 0 Å². The molecule has 0 atom stereocenters. The number of amides is 1. The summed E-state index contributed by atoms with van der Waals surface area (Å²) in [7, 11) is 5.46. The molecule has 1 heterocycles. The third-order valence-electron chi connectivity index (χ3n) is 1.98. The lowest BCUT2D eigenvalue weighted by Crippen LogP contribution is -2.18. The SMILES string of the molecule is CC(C)(C)C.[B]N1C(=C)c2ccccc2C1=O. The number of hydrogen-bond acceptors (Lipinski definition) is 1. The minimum atomic E-state index is -0.185. The van der Waals surface area contributed by atoms with E-state index in [2.05, 4.69) is 34.3 Å². The van der Waals surface area contributed by atoms with Gasteiger partial charge in [-0.25, -0.2) is 0 Å². The standard InChI is InChI=1S/C9H6BNO.C5H12/c1-6-7-4-2-3-5-8(7)9(12)11(6)10;1-5(2,3)4/h2-5H,1H2;1-4H3. The highest BCUT2D eigenvalue weighted by atomic mass is 16.2. The highest BCUT2D eigenvalue weighted by Crippen LogP contribution is 2.28. The van der Waals surface area contributed by atoms with E-state index >= 15 is 0 Å². The lowest BCUT2D eigenvalue weighted by molar-refractivity contribution is 0.0918. The van der Waals surface area contributed by atoms with E-state index in [4.69, 9.17) is 7.98 Å². The van der Waals surface area contributed by atoms with Gasteiger partial charge in [-0.1, -0.05) is 52.5 Å². The van der Waals surface area contributed by atoms with Crippen molar-refractivity contribution in [3.05, 3.63) is 42.0 Å². The van der Waals surface area contributed by atoms with Crippen LogP contribution in [0.25, 0.3) is 5.70 Å². The average Bonchev–Trinajstić information content (AvgIpc) is 2.43. The molecule has 0 saturated heterocycles. The number of nitrogens with zero attached hydrogens (tertiary/aromatic N) is 1. The minimum Gasteiger partial charge on any atom is -0.365 e. The molecule has 0 aromatic heterocycles. The summed E-state index contributed by atoms with van der Waals surface area (Å²) in [5, 5.41) is 0. The van der Waals surface area contributed by atoms with E-state index in [0.717, 1.165) is 10.4 Å². The van der Waals surface area contributed by atoms with Gasteiger partial charge in [-0.3, -0.25) is 4.79 Å². The summed E-state index contributed by atoms with van der Waals surface area (Å²) in [5.74, 6) is -0.185. The number of carbonyl (C=O) groups is 1. The maximum absolute atomic E-state index is 11.3. The van der Waals surface area contributed by atoms with Gasteiger partial charge in [0.2, 0.25) is 13.9 Å². The summed E-state index contributed by atoms with van der Waals surface area (Å²) in [5.41, 5.74) is 2.52. The van der Waals surface area contributed by atoms with Gasteiger partial charge >= 0.3 is 0 Å². The van der Waals surface area contributed by atoms with E-state index in [1.165, 1.54) is 0 Å². The second kappa shape index (κ2) is 4.78. The van der Waals surface area contributed by atoms with Gasteiger partial charge in [0.05, 0.1) is 0 Å². The molecule has 88 valence electrons. The monoisotopic (exact) mass is 227 g/mol. The van der Waals surface area contributed by atoms with Crippen LogP contribution in [-0.4, -0.2) is 18.7 Å². The van der Waals surface area contributed by atoms with E-state index < -0.39 is 0 Å². The van der Waals surface area contributed by atoms with Gasteiger partial charge in [0.1, 0.15) is 0 Å². The number of rotatable bonds is 0. The minimum absolute atomic E-state index is 0.185. The number of fused-ring (bicyclic) bond motifs is 1. The van der Waals surface area contributed by atoms with Gasteiger partial charge in [0.15, 0.2) is 0 Å². The highest BCUT2D eigenvalue weighted by molar-refractivity contribution is 6.27. The summed E-state index contributed by atoms with van der Waals surface area (Å²) >= 11 is 0. The van der Waals surface area contributed by atoms with Crippen LogP contribution < -0.4 is 0 Å². The summed E-state index contributed by atoms with van der Waals surface area (Å²) in [6.45, 7) is 12.5. The number of benzene rings is 1. The topological polar surface area (TPSA) is 20.3 Å². The van der Waals surface area contributed by atoms with Gasteiger partial charge in [0.25, 0.3) is 0 Å². The molecule has 3 heteroatoms. The van der Waals surface area contributed by atoms with Crippen molar-refractivity contribution in [2.45, 2.75) is 27.7 Å². The molecule has 0 bridgehead atoms. The molecule has 2 rings (SSSR count). The molecular formula is C14H18BNO. The van der Waals surface area contributed by atoms with Crippen LogP contribution in [0.15, 0.2) is 30.8 Å². The molecule has 0 unspecified atom stereocenters. The molecule has 0 saturated carbocycles. The Morgan fingerprint density at radius 3 is 1.94 bits per heavy atom. The Morgan fingerprint density at radius 1 is 1.12 bits per heavy atom. The molecule has 0 fully saturated rings. The van der Waals surface area contributed by atoms with E-state index in [-0.39, 0.29) is 5.91 Å². The van der Waals surface area contributed by atoms with Crippen molar-refractivity contribution >= 4 is 19.6 Å². The second-order valence-electron chi connectivity index (χ2n) is 5.67. The lowest BCUT2D eigenvalue weighted by atomic mass is 10.0. The molecule has 0 N–H and O–H groups in total. The van der Waals surface area contributed by atoms with E-state index in [1.54, 1.807) is 6.07 Å². The largest absolute Gasteiger partial charge is 0.365 e. The molecule has 17 heavy (non-hydrogen) atoms. The fraction of sp³-hybridized carbons (Fsp3) is 0.357. The maximum Gasteiger partial charge on any atom is 0.245 e. The quantitative estimate of drug-likeness (QED) is 0.623. The zero-order chi connectivity index (χ0) is 13.2.